The summed E-state index contributed by atoms with van der Waals surface area (Å²) in [5.41, 5.74) is 4.25. The van der Waals surface area contributed by atoms with Crippen LogP contribution in [0.4, 0.5) is 0 Å². The standard InChI is InChI=1S/C19H17N3O2S2/c1-3-22-17-14(24-4-2)6-5-7-15(17)26-19(22)21-18(23)12-8-9-13-16(10-12)25-11-20-13/h5-11H,3-4H2,1-2H3. The molecule has 0 radical (unpaired) electrons. The molecule has 4 rings (SSSR count). The largest absolute Gasteiger partial charge is 0.492 e. The average Bonchev–Trinajstić information content (AvgIpc) is 3.25. The molecule has 0 aliphatic heterocycles. The zero-order valence-electron chi connectivity index (χ0n) is 14.4. The first-order chi connectivity index (χ1) is 12.7. The van der Waals surface area contributed by atoms with Gasteiger partial charge in [0.2, 0.25) is 0 Å². The van der Waals surface area contributed by atoms with Crippen molar-refractivity contribution in [1.82, 2.24) is 9.55 Å². The molecule has 0 bridgehead atoms. The fourth-order valence-electron chi connectivity index (χ4n) is 2.89. The van der Waals surface area contributed by atoms with Crippen LogP contribution in [-0.4, -0.2) is 22.1 Å². The van der Waals surface area contributed by atoms with E-state index < -0.39 is 0 Å². The Morgan fingerprint density at radius 3 is 2.92 bits per heavy atom. The molecule has 0 fully saturated rings. The van der Waals surface area contributed by atoms with Crippen LogP contribution in [0.25, 0.3) is 20.4 Å². The first-order valence-electron chi connectivity index (χ1n) is 8.38. The molecule has 1 amide bonds. The van der Waals surface area contributed by atoms with Crippen molar-refractivity contribution < 1.29 is 9.53 Å². The van der Waals surface area contributed by atoms with E-state index in [1.54, 1.807) is 11.6 Å². The molecule has 0 saturated carbocycles. The number of benzene rings is 2. The number of hydrogen-bond acceptors (Lipinski definition) is 5. The molecule has 0 spiro atoms. The third kappa shape index (κ3) is 2.93. The third-order valence-corrected chi connectivity index (χ3v) is 5.89. The Hall–Kier alpha value is -2.51. The van der Waals surface area contributed by atoms with Gasteiger partial charge in [-0.25, -0.2) is 4.98 Å². The summed E-state index contributed by atoms with van der Waals surface area (Å²) in [5.74, 6) is 0.579. The molecule has 4 aromatic rings. The summed E-state index contributed by atoms with van der Waals surface area (Å²) in [6.07, 6.45) is 0. The van der Waals surface area contributed by atoms with Gasteiger partial charge in [-0.15, -0.1) is 11.3 Å². The maximum atomic E-state index is 12.7. The van der Waals surface area contributed by atoms with Crippen molar-refractivity contribution >= 4 is 49.0 Å². The number of carbonyl (C=O) groups is 1. The highest BCUT2D eigenvalue weighted by molar-refractivity contribution is 7.17. The minimum atomic E-state index is -0.244. The molecule has 0 unspecified atom stereocenters. The van der Waals surface area contributed by atoms with Crippen molar-refractivity contribution in [3.05, 3.63) is 52.3 Å². The van der Waals surface area contributed by atoms with Crippen molar-refractivity contribution in [1.29, 1.82) is 0 Å². The molecule has 0 aliphatic rings. The Labute approximate surface area is 158 Å². The number of ether oxygens (including phenoxy) is 1. The number of para-hydroxylation sites is 1. The van der Waals surface area contributed by atoms with Gasteiger partial charge in [-0.3, -0.25) is 4.79 Å². The van der Waals surface area contributed by atoms with Crippen LogP contribution in [0.15, 0.2) is 46.9 Å². The Bertz CT molecular complexity index is 1170. The molecule has 0 N–H and O–H groups in total. The number of carbonyl (C=O) groups excluding carboxylic acids is 1. The van der Waals surface area contributed by atoms with Crippen molar-refractivity contribution in [3.8, 4) is 5.75 Å². The number of fused-ring (bicyclic) bond motifs is 2. The van der Waals surface area contributed by atoms with E-state index in [1.807, 2.05) is 48.7 Å². The van der Waals surface area contributed by atoms with E-state index in [4.69, 9.17) is 4.74 Å². The molecule has 5 nitrogen and oxygen atoms in total. The zero-order chi connectivity index (χ0) is 18.1. The van der Waals surface area contributed by atoms with E-state index >= 15 is 0 Å². The van der Waals surface area contributed by atoms with Gasteiger partial charge in [0, 0.05) is 12.1 Å². The summed E-state index contributed by atoms with van der Waals surface area (Å²) in [6, 6.07) is 11.4. The van der Waals surface area contributed by atoms with E-state index in [0.29, 0.717) is 23.5 Å². The molecular weight excluding hydrogens is 366 g/mol. The van der Waals surface area contributed by atoms with Crippen molar-refractivity contribution in [2.24, 2.45) is 4.99 Å². The molecule has 2 aromatic heterocycles. The Morgan fingerprint density at radius 1 is 1.23 bits per heavy atom. The summed E-state index contributed by atoms with van der Waals surface area (Å²) < 4.78 is 9.84. The summed E-state index contributed by atoms with van der Waals surface area (Å²) in [5, 5.41) is 0. The predicted molar refractivity (Wildman–Crippen MR) is 106 cm³/mol. The Kier molecular flexibility index (Phi) is 4.57. The minimum Gasteiger partial charge on any atom is -0.492 e. The van der Waals surface area contributed by atoms with Gasteiger partial charge >= 0.3 is 0 Å². The van der Waals surface area contributed by atoms with Crippen LogP contribution in [0.2, 0.25) is 0 Å². The predicted octanol–water partition coefficient (Wildman–Crippen LogP) is 4.47. The van der Waals surface area contributed by atoms with Crippen LogP contribution in [0, 0.1) is 0 Å². The third-order valence-electron chi connectivity index (χ3n) is 4.06. The summed E-state index contributed by atoms with van der Waals surface area (Å²) in [6.45, 7) is 5.32. The fourth-order valence-corrected chi connectivity index (χ4v) is 4.71. The molecule has 132 valence electrons. The van der Waals surface area contributed by atoms with Crippen LogP contribution in [0.1, 0.15) is 24.2 Å². The molecule has 2 aromatic carbocycles. The van der Waals surface area contributed by atoms with Gasteiger partial charge in [0.05, 0.1) is 27.0 Å². The Morgan fingerprint density at radius 2 is 2.12 bits per heavy atom. The van der Waals surface area contributed by atoms with Crippen LogP contribution in [0.5, 0.6) is 5.75 Å². The minimum absolute atomic E-state index is 0.244. The molecule has 0 atom stereocenters. The van der Waals surface area contributed by atoms with Gasteiger partial charge in [0.1, 0.15) is 11.3 Å². The highest BCUT2D eigenvalue weighted by atomic mass is 32.1. The SMILES string of the molecule is CCOc1cccc2sc(=NC(=O)c3ccc4ncsc4c3)n(CC)c12. The maximum absolute atomic E-state index is 12.7. The number of hydrogen-bond donors (Lipinski definition) is 0. The molecule has 7 heteroatoms. The van der Waals surface area contributed by atoms with Crippen LogP contribution in [-0.2, 0) is 6.54 Å². The highest BCUT2D eigenvalue weighted by Crippen LogP contribution is 2.27. The van der Waals surface area contributed by atoms with E-state index in [2.05, 4.69) is 9.98 Å². The average molecular weight is 383 g/mol. The van der Waals surface area contributed by atoms with E-state index in [0.717, 1.165) is 26.2 Å². The van der Waals surface area contributed by atoms with Gasteiger partial charge in [-0.1, -0.05) is 17.4 Å². The van der Waals surface area contributed by atoms with E-state index in [1.165, 1.54) is 22.7 Å². The lowest BCUT2D eigenvalue weighted by molar-refractivity contribution is 0.0998. The number of amides is 1. The zero-order valence-corrected chi connectivity index (χ0v) is 16.1. The lowest BCUT2D eigenvalue weighted by atomic mass is 10.2. The molecule has 2 heterocycles. The molecular formula is C19H17N3O2S2. The van der Waals surface area contributed by atoms with Gasteiger partial charge in [0.15, 0.2) is 4.80 Å². The lowest BCUT2D eigenvalue weighted by Crippen LogP contribution is -2.16. The number of aromatic nitrogens is 2. The van der Waals surface area contributed by atoms with E-state index in [9.17, 15) is 4.79 Å². The topological polar surface area (TPSA) is 56.5 Å². The first-order valence-corrected chi connectivity index (χ1v) is 10.1. The maximum Gasteiger partial charge on any atom is 0.279 e. The number of nitrogens with zero attached hydrogens (tertiary/aromatic N) is 3. The number of thiazole rings is 2. The smallest absolute Gasteiger partial charge is 0.279 e. The van der Waals surface area contributed by atoms with Gasteiger partial charge in [-0.2, -0.15) is 4.99 Å². The van der Waals surface area contributed by atoms with Crippen molar-refractivity contribution in [2.75, 3.05) is 6.61 Å². The number of aryl methyl sites for hydroxylation is 1. The first kappa shape index (κ1) is 16.9. The Balaban J connectivity index is 1.84. The van der Waals surface area contributed by atoms with Gasteiger partial charge in [-0.05, 0) is 44.2 Å². The normalized spacial score (nSPS) is 12.2. The molecule has 26 heavy (non-hydrogen) atoms. The van der Waals surface area contributed by atoms with Gasteiger partial charge < -0.3 is 9.30 Å². The molecule has 0 saturated heterocycles. The lowest BCUT2D eigenvalue weighted by Gasteiger charge is -2.07. The van der Waals surface area contributed by atoms with Crippen LogP contribution >= 0.6 is 22.7 Å². The van der Waals surface area contributed by atoms with Crippen LogP contribution in [0.3, 0.4) is 0 Å². The van der Waals surface area contributed by atoms with Crippen molar-refractivity contribution in [3.63, 3.8) is 0 Å². The quantitative estimate of drug-likeness (QED) is 0.522. The monoisotopic (exact) mass is 383 g/mol. The summed E-state index contributed by atoms with van der Waals surface area (Å²) in [7, 11) is 0. The summed E-state index contributed by atoms with van der Waals surface area (Å²) in [4.78, 5) is 22.0. The second-order valence-electron chi connectivity index (χ2n) is 5.62. The number of rotatable bonds is 4. The van der Waals surface area contributed by atoms with E-state index in [-0.39, 0.29) is 5.91 Å². The fraction of sp³-hybridized carbons (Fsp3) is 0.211. The van der Waals surface area contributed by atoms with Crippen LogP contribution < -0.4 is 9.54 Å². The molecule has 0 aliphatic carbocycles. The van der Waals surface area contributed by atoms with Gasteiger partial charge in [0.25, 0.3) is 5.91 Å². The summed E-state index contributed by atoms with van der Waals surface area (Å²) >= 11 is 3.02. The second kappa shape index (κ2) is 7.01. The highest BCUT2D eigenvalue weighted by Gasteiger charge is 2.12. The second-order valence-corrected chi connectivity index (χ2v) is 7.51. The van der Waals surface area contributed by atoms with Crippen molar-refractivity contribution in [2.45, 2.75) is 20.4 Å².